The zero-order chi connectivity index (χ0) is 20.2. The molecule has 0 radical (unpaired) electrons. The lowest BCUT2D eigenvalue weighted by Gasteiger charge is -2.33. The van der Waals surface area contributed by atoms with E-state index in [1.807, 2.05) is 6.92 Å². The highest BCUT2D eigenvalue weighted by Gasteiger charge is 2.40. The van der Waals surface area contributed by atoms with Crippen LogP contribution in [0.3, 0.4) is 0 Å². The minimum Gasteiger partial charge on any atom is -0.463 e. The highest BCUT2D eigenvalue weighted by Crippen LogP contribution is 2.24. The second kappa shape index (κ2) is 8.44. The normalized spacial score (nSPS) is 19.2. The number of hydrogen-bond donors (Lipinski definition) is 1. The number of carbonyl (C=O) groups is 2. The number of ether oxygens (including phenoxy) is 1. The first-order valence-electron chi connectivity index (χ1n) is 8.40. The summed E-state index contributed by atoms with van der Waals surface area (Å²) >= 11 is 0. The molecule has 27 heavy (non-hydrogen) atoms. The number of esters is 1. The quantitative estimate of drug-likeness (QED) is 0.407. The largest absolute Gasteiger partial charge is 0.463 e. The first kappa shape index (κ1) is 20.8. The van der Waals surface area contributed by atoms with Gasteiger partial charge in [-0.1, -0.05) is 6.92 Å². The number of nitrogens with one attached hydrogen (secondary N) is 1. The number of nitro benzene ring substituents is 1. The topological polar surface area (TPSA) is 136 Å². The van der Waals surface area contributed by atoms with E-state index in [4.69, 9.17) is 4.74 Å². The highest BCUT2D eigenvalue weighted by molar-refractivity contribution is 7.89. The molecule has 0 saturated carbocycles. The van der Waals surface area contributed by atoms with Crippen molar-refractivity contribution in [3.05, 3.63) is 34.4 Å². The van der Waals surface area contributed by atoms with Crippen molar-refractivity contribution in [2.75, 3.05) is 13.1 Å². The maximum Gasteiger partial charge on any atom is 0.308 e. The number of piperazine rings is 1. The minimum absolute atomic E-state index is 0.0215. The molecule has 1 fully saturated rings. The molecule has 2 rings (SSSR count). The lowest BCUT2D eigenvalue weighted by Crippen LogP contribution is -2.57. The van der Waals surface area contributed by atoms with Gasteiger partial charge in [0.2, 0.25) is 15.9 Å². The highest BCUT2D eigenvalue weighted by atomic mass is 32.2. The summed E-state index contributed by atoms with van der Waals surface area (Å²) in [5.74, 6) is -1.26. The SMILES string of the molecule is CCC(C)OC(=O)CC1C(=O)NCCN1S(=O)(=O)c1ccc([N+](=O)[O-])cc1. The predicted octanol–water partition coefficient (Wildman–Crippen LogP) is 0.816. The van der Waals surface area contributed by atoms with E-state index in [1.54, 1.807) is 6.92 Å². The average molecular weight is 399 g/mol. The number of hydrogen-bond acceptors (Lipinski definition) is 7. The van der Waals surface area contributed by atoms with Crippen LogP contribution in [0.5, 0.6) is 0 Å². The van der Waals surface area contributed by atoms with Crippen LogP contribution >= 0.6 is 0 Å². The Labute approximate surface area is 156 Å². The van der Waals surface area contributed by atoms with Crippen molar-refractivity contribution in [3.8, 4) is 0 Å². The Morgan fingerprint density at radius 3 is 2.59 bits per heavy atom. The molecule has 0 aromatic heterocycles. The van der Waals surface area contributed by atoms with Crippen LogP contribution in [0.2, 0.25) is 0 Å². The Kier molecular flexibility index (Phi) is 6.50. The first-order valence-corrected chi connectivity index (χ1v) is 9.84. The van der Waals surface area contributed by atoms with Crippen LogP contribution in [0.15, 0.2) is 29.2 Å². The van der Waals surface area contributed by atoms with Crippen LogP contribution in [0.4, 0.5) is 5.69 Å². The summed E-state index contributed by atoms with van der Waals surface area (Å²) in [6.07, 6.45) is -0.167. The maximum absolute atomic E-state index is 12.9. The number of amides is 1. The molecule has 1 N–H and O–H groups in total. The van der Waals surface area contributed by atoms with Crippen LogP contribution in [-0.2, 0) is 24.3 Å². The van der Waals surface area contributed by atoms with Crippen LogP contribution in [-0.4, -0.2) is 54.8 Å². The zero-order valence-corrected chi connectivity index (χ0v) is 15.8. The first-order chi connectivity index (χ1) is 12.7. The molecular formula is C16H21N3O7S. The monoisotopic (exact) mass is 399 g/mol. The molecule has 1 aromatic carbocycles. The summed E-state index contributed by atoms with van der Waals surface area (Å²) in [7, 11) is -4.12. The third-order valence-corrected chi connectivity index (χ3v) is 6.13. The number of nitrogens with zero attached hydrogens (tertiary/aromatic N) is 2. The third kappa shape index (κ3) is 4.80. The van der Waals surface area contributed by atoms with Crippen LogP contribution in [0, 0.1) is 10.1 Å². The molecule has 148 valence electrons. The van der Waals surface area contributed by atoms with Gasteiger partial charge in [0.25, 0.3) is 5.69 Å². The summed E-state index contributed by atoms with van der Waals surface area (Å²) in [5.41, 5.74) is -0.251. The van der Waals surface area contributed by atoms with Crippen molar-refractivity contribution in [3.63, 3.8) is 0 Å². The lowest BCUT2D eigenvalue weighted by atomic mass is 10.1. The Bertz CT molecular complexity index is 823. The summed E-state index contributed by atoms with van der Waals surface area (Å²) in [5, 5.41) is 13.3. The fourth-order valence-electron chi connectivity index (χ4n) is 2.56. The van der Waals surface area contributed by atoms with Crippen LogP contribution in [0.1, 0.15) is 26.7 Å². The predicted molar refractivity (Wildman–Crippen MR) is 94.2 cm³/mol. The van der Waals surface area contributed by atoms with E-state index in [0.29, 0.717) is 6.42 Å². The molecule has 1 aliphatic heterocycles. The number of nitro groups is 1. The van der Waals surface area contributed by atoms with Gasteiger partial charge < -0.3 is 10.1 Å². The number of non-ortho nitro benzene ring substituents is 1. The van der Waals surface area contributed by atoms with Crippen LogP contribution < -0.4 is 5.32 Å². The molecule has 1 aromatic rings. The van der Waals surface area contributed by atoms with Crippen molar-refractivity contribution < 1.29 is 27.7 Å². The molecule has 1 aliphatic rings. The number of sulfonamides is 1. The molecular weight excluding hydrogens is 378 g/mol. The molecule has 0 bridgehead atoms. The van der Waals surface area contributed by atoms with Gasteiger partial charge in [0.05, 0.1) is 22.3 Å². The maximum atomic E-state index is 12.9. The Morgan fingerprint density at radius 2 is 2.04 bits per heavy atom. The van der Waals surface area contributed by atoms with Gasteiger partial charge in [-0.25, -0.2) is 8.42 Å². The summed E-state index contributed by atoms with van der Waals surface area (Å²) in [4.78, 5) is 34.2. The van der Waals surface area contributed by atoms with Crippen molar-refractivity contribution in [1.82, 2.24) is 9.62 Å². The molecule has 1 saturated heterocycles. The van der Waals surface area contributed by atoms with Crippen molar-refractivity contribution >= 4 is 27.6 Å². The molecule has 2 atom stereocenters. The number of carbonyl (C=O) groups excluding carboxylic acids is 2. The third-order valence-electron chi connectivity index (χ3n) is 4.20. The Hall–Kier alpha value is -2.53. The van der Waals surface area contributed by atoms with Gasteiger partial charge in [-0.15, -0.1) is 0 Å². The van der Waals surface area contributed by atoms with E-state index in [2.05, 4.69) is 5.32 Å². The van der Waals surface area contributed by atoms with E-state index < -0.39 is 39.3 Å². The molecule has 2 unspecified atom stereocenters. The standard InChI is InChI=1S/C16H21N3O7S/c1-3-11(2)26-15(20)10-14-16(21)17-8-9-18(14)27(24,25)13-6-4-12(5-7-13)19(22)23/h4-7,11,14H,3,8-10H2,1-2H3,(H,17,21). The van der Waals surface area contributed by atoms with Gasteiger partial charge in [0, 0.05) is 25.2 Å². The molecule has 0 spiro atoms. The molecule has 1 heterocycles. The van der Waals surface area contributed by atoms with Gasteiger partial charge in [0.15, 0.2) is 0 Å². The molecule has 11 heteroatoms. The van der Waals surface area contributed by atoms with E-state index in [1.165, 1.54) is 0 Å². The van der Waals surface area contributed by atoms with E-state index in [9.17, 15) is 28.1 Å². The Balaban J connectivity index is 2.27. The van der Waals surface area contributed by atoms with E-state index >= 15 is 0 Å². The van der Waals surface area contributed by atoms with Gasteiger partial charge in [-0.2, -0.15) is 4.31 Å². The second-order valence-electron chi connectivity index (χ2n) is 6.09. The lowest BCUT2D eigenvalue weighted by molar-refractivity contribution is -0.384. The number of rotatable bonds is 7. The average Bonchev–Trinajstić information content (AvgIpc) is 2.63. The summed E-state index contributed by atoms with van der Waals surface area (Å²) in [6.45, 7) is 3.61. The molecule has 1 amide bonds. The minimum atomic E-state index is -4.12. The van der Waals surface area contributed by atoms with Gasteiger partial charge >= 0.3 is 5.97 Å². The van der Waals surface area contributed by atoms with Gasteiger partial charge in [0.1, 0.15) is 6.04 Å². The van der Waals surface area contributed by atoms with Gasteiger partial charge in [-0.3, -0.25) is 19.7 Å². The summed E-state index contributed by atoms with van der Waals surface area (Å²) < 4.78 is 31.9. The Morgan fingerprint density at radius 1 is 1.41 bits per heavy atom. The number of benzene rings is 1. The summed E-state index contributed by atoms with van der Waals surface area (Å²) in [6, 6.07) is 3.12. The molecule has 0 aliphatic carbocycles. The smallest absolute Gasteiger partial charge is 0.308 e. The zero-order valence-electron chi connectivity index (χ0n) is 15.0. The fraction of sp³-hybridized carbons (Fsp3) is 0.500. The van der Waals surface area contributed by atoms with Crippen molar-refractivity contribution in [1.29, 1.82) is 0 Å². The van der Waals surface area contributed by atoms with Gasteiger partial charge in [-0.05, 0) is 25.5 Å². The fourth-order valence-corrected chi connectivity index (χ4v) is 4.15. The van der Waals surface area contributed by atoms with Crippen LogP contribution in [0.25, 0.3) is 0 Å². The van der Waals surface area contributed by atoms with E-state index in [-0.39, 0.29) is 29.8 Å². The van der Waals surface area contributed by atoms with E-state index in [0.717, 1.165) is 28.6 Å². The second-order valence-corrected chi connectivity index (χ2v) is 7.98. The van der Waals surface area contributed by atoms with Crippen molar-refractivity contribution in [2.45, 2.75) is 43.7 Å². The van der Waals surface area contributed by atoms with Crippen molar-refractivity contribution in [2.24, 2.45) is 0 Å². The molecule has 10 nitrogen and oxygen atoms in total.